The molecule has 0 aromatic carbocycles. The van der Waals surface area contributed by atoms with Crippen molar-refractivity contribution in [2.24, 2.45) is 0 Å². The molecule has 0 unspecified atom stereocenters. The Morgan fingerprint density at radius 1 is 1.35 bits per heavy atom. The monoisotopic (exact) mass is 387 g/mol. The van der Waals surface area contributed by atoms with Crippen molar-refractivity contribution in [1.29, 1.82) is 0 Å². The standard InChI is InChI=1S/C16H29N5O4S/c1-4-17-15(22)19-16(8-11-25-3)6-9-21(10-7-16)26(23,24)14-12-18-20(5-2)13-14/h12-13H,4-11H2,1-3H3,(H2,17,19,22). The summed E-state index contributed by atoms with van der Waals surface area (Å²) in [6.07, 6.45) is 4.65. The molecule has 2 rings (SSSR count). The van der Waals surface area contributed by atoms with Crippen molar-refractivity contribution in [3.8, 4) is 0 Å². The molecular weight excluding hydrogens is 358 g/mol. The maximum atomic E-state index is 12.8. The average Bonchev–Trinajstić information content (AvgIpc) is 3.11. The highest BCUT2D eigenvalue weighted by Gasteiger charge is 2.39. The molecule has 0 radical (unpaired) electrons. The maximum absolute atomic E-state index is 12.8. The van der Waals surface area contributed by atoms with Gasteiger partial charge < -0.3 is 15.4 Å². The fourth-order valence-electron chi connectivity index (χ4n) is 3.13. The van der Waals surface area contributed by atoms with E-state index in [0.717, 1.165) is 0 Å². The van der Waals surface area contributed by atoms with Crippen LogP contribution in [0.3, 0.4) is 0 Å². The first-order chi connectivity index (χ1) is 12.4. The number of carbonyl (C=O) groups excluding carboxylic acids is 1. The third-order valence-electron chi connectivity index (χ3n) is 4.75. The second kappa shape index (κ2) is 8.83. The molecule has 0 bridgehead atoms. The number of nitrogens with one attached hydrogen (secondary N) is 2. The summed E-state index contributed by atoms with van der Waals surface area (Å²) in [5, 5.41) is 9.82. The number of nitrogens with zero attached hydrogens (tertiary/aromatic N) is 3. The van der Waals surface area contributed by atoms with Gasteiger partial charge in [0.2, 0.25) is 10.0 Å². The molecule has 1 aromatic heterocycles. The van der Waals surface area contributed by atoms with E-state index in [4.69, 9.17) is 4.74 Å². The molecule has 9 nitrogen and oxygen atoms in total. The summed E-state index contributed by atoms with van der Waals surface area (Å²) in [5.41, 5.74) is -0.463. The predicted octanol–water partition coefficient (Wildman–Crippen LogP) is 0.782. The van der Waals surface area contributed by atoms with E-state index in [0.29, 0.717) is 52.0 Å². The quantitative estimate of drug-likeness (QED) is 0.686. The molecule has 0 atom stereocenters. The maximum Gasteiger partial charge on any atom is 0.315 e. The van der Waals surface area contributed by atoms with Crippen LogP contribution in [0.2, 0.25) is 0 Å². The summed E-state index contributed by atoms with van der Waals surface area (Å²) in [4.78, 5) is 12.2. The summed E-state index contributed by atoms with van der Waals surface area (Å²) in [6, 6.07) is -0.232. The molecule has 148 valence electrons. The lowest BCUT2D eigenvalue weighted by Gasteiger charge is -2.41. The zero-order chi connectivity index (χ0) is 19.2. The number of rotatable bonds is 8. The normalized spacial score (nSPS) is 17.8. The van der Waals surface area contributed by atoms with E-state index in [1.54, 1.807) is 18.0 Å². The van der Waals surface area contributed by atoms with Crippen LogP contribution in [0.15, 0.2) is 17.3 Å². The number of carbonyl (C=O) groups is 1. The minimum absolute atomic E-state index is 0.209. The molecule has 1 aromatic rings. The number of methoxy groups -OCH3 is 1. The summed E-state index contributed by atoms with van der Waals surface area (Å²) in [7, 11) is -1.95. The van der Waals surface area contributed by atoms with Gasteiger partial charge in [-0.15, -0.1) is 0 Å². The Morgan fingerprint density at radius 3 is 2.58 bits per heavy atom. The van der Waals surface area contributed by atoms with Gasteiger partial charge in [-0.1, -0.05) is 0 Å². The van der Waals surface area contributed by atoms with Crippen molar-refractivity contribution in [3.05, 3.63) is 12.4 Å². The van der Waals surface area contributed by atoms with Crippen molar-refractivity contribution in [2.75, 3.05) is 33.4 Å². The molecule has 1 saturated heterocycles. The van der Waals surface area contributed by atoms with Crippen molar-refractivity contribution in [2.45, 2.75) is 50.1 Å². The summed E-state index contributed by atoms with van der Waals surface area (Å²) >= 11 is 0. The van der Waals surface area contributed by atoms with Crippen LogP contribution in [0.4, 0.5) is 4.79 Å². The number of aryl methyl sites for hydroxylation is 1. The third kappa shape index (κ3) is 4.74. The van der Waals surface area contributed by atoms with Crippen LogP contribution < -0.4 is 10.6 Å². The lowest BCUT2D eigenvalue weighted by molar-refractivity contribution is 0.122. The van der Waals surface area contributed by atoms with Gasteiger partial charge in [0.1, 0.15) is 4.90 Å². The molecule has 1 aliphatic rings. The minimum atomic E-state index is -3.57. The Kier molecular flexibility index (Phi) is 7.01. The Balaban J connectivity index is 2.08. The molecule has 1 aliphatic heterocycles. The fraction of sp³-hybridized carbons (Fsp3) is 0.750. The van der Waals surface area contributed by atoms with Crippen molar-refractivity contribution in [1.82, 2.24) is 24.7 Å². The third-order valence-corrected chi connectivity index (χ3v) is 6.60. The van der Waals surface area contributed by atoms with Gasteiger partial charge in [0.25, 0.3) is 0 Å². The number of hydrogen-bond donors (Lipinski definition) is 2. The Bertz CT molecular complexity index is 695. The molecule has 26 heavy (non-hydrogen) atoms. The zero-order valence-corrected chi connectivity index (χ0v) is 16.5. The number of sulfonamides is 1. The van der Waals surface area contributed by atoms with Crippen LogP contribution in [0.5, 0.6) is 0 Å². The van der Waals surface area contributed by atoms with Gasteiger partial charge in [0.15, 0.2) is 0 Å². The van der Waals surface area contributed by atoms with Gasteiger partial charge in [-0.2, -0.15) is 9.40 Å². The minimum Gasteiger partial charge on any atom is -0.385 e. The number of piperidine rings is 1. The highest BCUT2D eigenvalue weighted by Crippen LogP contribution is 2.29. The van der Waals surface area contributed by atoms with Crippen molar-refractivity contribution < 1.29 is 17.9 Å². The van der Waals surface area contributed by atoms with E-state index in [1.165, 1.54) is 10.5 Å². The highest BCUT2D eigenvalue weighted by molar-refractivity contribution is 7.89. The van der Waals surface area contributed by atoms with Crippen molar-refractivity contribution in [3.63, 3.8) is 0 Å². The van der Waals surface area contributed by atoms with E-state index < -0.39 is 15.6 Å². The van der Waals surface area contributed by atoms with Gasteiger partial charge in [0, 0.05) is 51.6 Å². The fourth-order valence-corrected chi connectivity index (χ4v) is 4.53. The van der Waals surface area contributed by atoms with E-state index in [-0.39, 0.29) is 10.9 Å². The molecular formula is C16H29N5O4S. The van der Waals surface area contributed by atoms with Gasteiger partial charge in [0.05, 0.1) is 6.20 Å². The highest BCUT2D eigenvalue weighted by atomic mass is 32.2. The summed E-state index contributed by atoms with van der Waals surface area (Å²) < 4.78 is 33.9. The first kappa shape index (κ1) is 20.7. The number of amides is 2. The molecule has 1 fully saturated rings. The van der Waals surface area contributed by atoms with Gasteiger partial charge in [-0.25, -0.2) is 13.2 Å². The number of aromatic nitrogens is 2. The van der Waals surface area contributed by atoms with E-state index in [9.17, 15) is 13.2 Å². The molecule has 2 amide bonds. The van der Waals surface area contributed by atoms with Crippen LogP contribution >= 0.6 is 0 Å². The Labute approximate surface area is 155 Å². The zero-order valence-electron chi connectivity index (χ0n) is 15.7. The van der Waals surface area contributed by atoms with Gasteiger partial charge >= 0.3 is 6.03 Å². The van der Waals surface area contributed by atoms with E-state index in [1.807, 2.05) is 13.8 Å². The number of ether oxygens (including phenoxy) is 1. The Hall–Kier alpha value is -1.65. The van der Waals surface area contributed by atoms with Crippen LogP contribution in [-0.2, 0) is 21.3 Å². The van der Waals surface area contributed by atoms with Crippen LogP contribution in [-0.4, -0.2) is 67.4 Å². The Morgan fingerprint density at radius 2 is 2.04 bits per heavy atom. The lowest BCUT2D eigenvalue weighted by Crippen LogP contribution is -2.58. The molecule has 2 heterocycles. The average molecular weight is 388 g/mol. The van der Waals surface area contributed by atoms with E-state index in [2.05, 4.69) is 15.7 Å². The molecule has 10 heteroatoms. The smallest absolute Gasteiger partial charge is 0.315 e. The number of hydrogen-bond acceptors (Lipinski definition) is 5. The van der Waals surface area contributed by atoms with E-state index >= 15 is 0 Å². The summed E-state index contributed by atoms with van der Waals surface area (Å²) in [5.74, 6) is 0. The molecule has 2 N–H and O–H groups in total. The second-order valence-electron chi connectivity index (χ2n) is 6.44. The van der Waals surface area contributed by atoms with Gasteiger partial charge in [-0.05, 0) is 33.1 Å². The van der Waals surface area contributed by atoms with Crippen molar-refractivity contribution >= 4 is 16.1 Å². The van der Waals surface area contributed by atoms with Crippen LogP contribution in [0.25, 0.3) is 0 Å². The molecule has 0 saturated carbocycles. The number of urea groups is 1. The predicted molar refractivity (Wildman–Crippen MR) is 97.3 cm³/mol. The first-order valence-electron chi connectivity index (χ1n) is 8.94. The van der Waals surface area contributed by atoms with Crippen LogP contribution in [0.1, 0.15) is 33.1 Å². The summed E-state index contributed by atoms with van der Waals surface area (Å²) in [6.45, 7) is 6.10. The topological polar surface area (TPSA) is 106 Å². The SMILES string of the molecule is CCNC(=O)NC1(CCOC)CCN(S(=O)(=O)c2cnn(CC)c2)CC1. The second-order valence-corrected chi connectivity index (χ2v) is 8.38. The largest absolute Gasteiger partial charge is 0.385 e. The first-order valence-corrected chi connectivity index (χ1v) is 10.4. The lowest BCUT2D eigenvalue weighted by atomic mass is 9.85. The molecule has 0 spiro atoms. The van der Waals surface area contributed by atoms with Crippen LogP contribution in [0, 0.1) is 0 Å². The van der Waals surface area contributed by atoms with Gasteiger partial charge in [-0.3, -0.25) is 4.68 Å². The molecule has 0 aliphatic carbocycles.